The molecule has 0 aliphatic carbocycles. The SMILES string of the molecule is COCCn1c(C)cc(C(=O)COC(=O)c2ccc(OC)c(S(=O)(=O)N3CCOCC3)c2)c1C. The van der Waals surface area contributed by atoms with Crippen molar-refractivity contribution < 1.29 is 37.0 Å². The van der Waals surface area contributed by atoms with Gasteiger partial charge in [0.2, 0.25) is 15.8 Å². The minimum atomic E-state index is -3.91. The minimum absolute atomic E-state index is 0.00556. The molecular weight excluding hydrogens is 464 g/mol. The van der Waals surface area contributed by atoms with E-state index in [1.807, 2.05) is 18.4 Å². The van der Waals surface area contributed by atoms with E-state index in [9.17, 15) is 18.0 Å². The molecule has 0 atom stereocenters. The van der Waals surface area contributed by atoms with Crippen molar-refractivity contribution in [3.05, 3.63) is 46.8 Å². The number of methoxy groups -OCH3 is 2. The molecule has 186 valence electrons. The zero-order valence-corrected chi connectivity index (χ0v) is 20.6. The fourth-order valence-corrected chi connectivity index (χ4v) is 5.42. The number of carbonyl (C=O) groups is 2. The van der Waals surface area contributed by atoms with Crippen LogP contribution in [0.15, 0.2) is 29.2 Å². The van der Waals surface area contributed by atoms with Crippen molar-refractivity contribution >= 4 is 21.8 Å². The number of hydrogen-bond donors (Lipinski definition) is 0. The average Bonchev–Trinajstić information content (AvgIpc) is 3.14. The first kappa shape index (κ1) is 25.9. The molecule has 1 aliphatic rings. The maximum Gasteiger partial charge on any atom is 0.338 e. The van der Waals surface area contributed by atoms with Gasteiger partial charge in [0.1, 0.15) is 10.6 Å². The highest BCUT2D eigenvalue weighted by Gasteiger charge is 2.30. The van der Waals surface area contributed by atoms with Crippen molar-refractivity contribution in [3.8, 4) is 5.75 Å². The van der Waals surface area contributed by atoms with Gasteiger partial charge in [0.25, 0.3) is 0 Å². The Hall–Kier alpha value is -2.73. The molecule has 10 nitrogen and oxygen atoms in total. The van der Waals surface area contributed by atoms with Crippen LogP contribution in [0, 0.1) is 13.8 Å². The quantitative estimate of drug-likeness (QED) is 0.363. The number of nitrogens with zero attached hydrogens (tertiary/aromatic N) is 2. The number of benzene rings is 1. The van der Waals surface area contributed by atoms with Crippen LogP contribution in [0.3, 0.4) is 0 Å². The lowest BCUT2D eigenvalue weighted by Crippen LogP contribution is -2.40. The number of ether oxygens (including phenoxy) is 4. The average molecular weight is 495 g/mol. The highest BCUT2D eigenvalue weighted by molar-refractivity contribution is 7.89. The predicted octanol–water partition coefficient (Wildman–Crippen LogP) is 1.82. The Morgan fingerprint density at radius 2 is 1.79 bits per heavy atom. The van der Waals surface area contributed by atoms with Crippen LogP contribution < -0.4 is 4.74 Å². The fraction of sp³-hybridized carbons (Fsp3) is 0.478. The van der Waals surface area contributed by atoms with Crippen molar-refractivity contribution in [2.24, 2.45) is 0 Å². The van der Waals surface area contributed by atoms with E-state index in [1.165, 1.54) is 29.6 Å². The Morgan fingerprint density at radius 1 is 1.09 bits per heavy atom. The van der Waals surface area contributed by atoms with E-state index in [1.54, 1.807) is 13.2 Å². The summed E-state index contributed by atoms with van der Waals surface area (Å²) in [5, 5.41) is 0. The summed E-state index contributed by atoms with van der Waals surface area (Å²) < 4.78 is 50.2. The molecule has 2 heterocycles. The van der Waals surface area contributed by atoms with Crippen molar-refractivity contribution in [1.29, 1.82) is 0 Å². The van der Waals surface area contributed by atoms with Crippen LogP contribution in [0.2, 0.25) is 0 Å². The Kier molecular flexibility index (Phi) is 8.47. The molecule has 1 saturated heterocycles. The van der Waals surface area contributed by atoms with Gasteiger partial charge in [-0.15, -0.1) is 0 Å². The highest BCUT2D eigenvalue weighted by Crippen LogP contribution is 2.29. The molecule has 34 heavy (non-hydrogen) atoms. The molecule has 0 saturated carbocycles. The number of morpholine rings is 1. The molecule has 1 aliphatic heterocycles. The van der Waals surface area contributed by atoms with Gasteiger partial charge >= 0.3 is 5.97 Å². The van der Waals surface area contributed by atoms with Crippen LogP contribution in [0.25, 0.3) is 0 Å². The molecular formula is C23H30N2O8S. The van der Waals surface area contributed by atoms with Gasteiger partial charge in [-0.05, 0) is 38.1 Å². The summed E-state index contributed by atoms with van der Waals surface area (Å²) in [6.45, 7) is 5.34. The number of Topliss-reactive ketones (excluding diaryl/α,β-unsaturated/α-hetero) is 1. The fourth-order valence-electron chi connectivity index (χ4n) is 3.83. The largest absolute Gasteiger partial charge is 0.495 e. The minimum Gasteiger partial charge on any atom is -0.495 e. The number of hydrogen-bond acceptors (Lipinski definition) is 8. The van der Waals surface area contributed by atoms with Gasteiger partial charge in [-0.25, -0.2) is 13.2 Å². The molecule has 0 unspecified atom stereocenters. The third-order valence-corrected chi connectivity index (χ3v) is 7.63. The van der Waals surface area contributed by atoms with E-state index < -0.39 is 22.6 Å². The Labute approximate surface area is 199 Å². The van der Waals surface area contributed by atoms with E-state index in [4.69, 9.17) is 18.9 Å². The summed E-state index contributed by atoms with van der Waals surface area (Å²) in [6.07, 6.45) is 0. The Balaban J connectivity index is 1.75. The van der Waals surface area contributed by atoms with Gasteiger partial charge < -0.3 is 23.5 Å². The van der Waals surface area contributed by atoms with Crippen LogP contribution in [0.5, 0.6) is 5.75 Å². The molecule has 0 spiro atoms. The molecule has 1 aromatic carbocycles. The molecule has 0 radical (unpaired) electrons. The van der Waals surface area contributed by atoms with E-state index >= 15 is 0 Å². The van der Waals surface area contributed by atoms with Crippen LogP contribution in [0.1, 0.15) is 32.1 Å². The lowest BCUT2D eigenvalue weighted by Gasteiger charge is -2.26. The monoisotopic (exact) mass is 494 g/mol. The molecule has 2 aromatic rings. The van der Waals surface area contributed by atoms with Gasteiger partial charge in [-0.1, -0.05) is 0 Å². The van der Waals surface area contributed by atoms with Crippen molar-refractivity contribution in [1.82, 2.24) is 8.87 Å². The van der Waals surface area contributed by atoms with E-state index in [-0.39, 0.29) is 48.3 Å². The zero-order chi connectivity index (χ0) is 24.9. The number of aromatic nitrogens is 1. The van der Waals surface area contributed by atoms with Crippen molar-refractivity contribution in [2.45, 2.75) is 25.3 Å². The third-order valence-electron chi connectivity index (χ3n) is 5.71. The maximum atomic E-state index is 13.1. The molecule has 0 amide bonds. The highest BCUT2D eigenvalue weighted by atomic mass is 32.2. The number of rotatable bonds is 10. The number of ketones is 1. The maximum absolute atomic E-state index is 13.1. The van der Waals surface area contributed by atoms with Crippen LogP contribution in [-0.2, 0) is 30.8 Å². The van der Waals surface area contributed by atoms with E-state index in [2.05, 4.69) is 0 Å². The van der Waals surface area contributed by atoms with Gasteiger partial charge in [-0.3, -0.25) is 4.79 Å². The normalized spacial score (nSPS) is 14.7. The molecule has 11 heteroatoms. The molecule has 3 rings (SSSR count). The summed E-state index contributed by atoms with van der Waals surface area (Å²) in [4.78, 5) is 25.2. The predicted molar refractivity (Wildman–Crippen MR) is 123 cm³/mol. The summed E-state index contributed by atoms with van der Waals surface area (Å²) in [7, 11) is -0.948. The number of esters is 1. The summed E-state index contributed by atoms with van der Waals surface area (Å²) in [5.41, 5.74) is 2.13. The first-order valence-electron chi connectivity index (χ1n) is 10.8. The number of aryl methyl sites for hydroxylation is 1. The second kappa shape index (κ2) is 11.1. The molecule has 1 aromatic heterocycles. The molecule has 0 N–H and O–H groups in total. The zero-order valence-electron chi connectivity index (χ0n) is 19.8. The van der Waals surface area contributed by atoms with Gasteiger partial charge in [0, 0.05) is 43.7 Å². The lowest BCUT2D eigenvalue weighted by molar-refractivity contribution is 0.0474. The van der Waals surface area contributed by atoms with E-state index in [0.29, 0.717) is 18.7 Å². The first-order valence-corrected chi connectivity index (χ1v) is 12.3. The van der Waals surface area contributed by atoms with Crippen LogP contribution in [0.4, 0.5) is 0 Å². The Bertz CT molecular complexity index is 1150. The molecule has 0 bridgehead atoms. The van der Waals surface area contributed by atoms with Gasteiger partial charge in [-0.2, -0.15) is 4.31 Å². The summed E-state index contributed by atoms with van der Waals surface area (Å²) >= 11 is 0. The standard InChI is InChI=1S/C23H30N2O8S/c1-16-13-19(17(2)25(16)9-10-30-3)20(26)15-33-23(27)18-5-6-21(31-4)22(14-18)34(28,29)24-7-11-32-12-8-24/h5-6,13-14H,7-12,15H2,1-4H3. The van der Waals surface area contributed by atoms with Crippen LogP contribution >= 0.6 is 0 Å². The first-order chi connectivity index (χ1) is 16.2. The second-order valence-corrected chi connectivity index (χ2v) is 9.72. The van der Waals surface area contributed by atoms with Gasteiger partial charge in [0.05, 0.1) is 32.5 Å². The summed E-state index contributed by atoms with van der Waals surface area (Å²) in [6, 6.07) is 5.77. The topological polar surface area (TPSA) is 113 Å². The van der Waals surface area contributed by atoms with E-state index in [0.717, 1.165) is 11.4 Å². The third kappa shape index (κ3) is 5.49. The van der Waals surface area contributed by atoms with Crippen molar-refractivity contribution in [2.75, 3.05) is 53.7 Å². The number of sulfonamides is 1. The second-order valence-electron chi connectivity index (χ2n) is 7.81. The van der Waals surface area contributed by atoms with Gasteiger partial charge in [0.15, 0.2) is 6.61 Å². The number of carbonyl (C=O) groups excluding carboxylic acids is 2. The van der Waals surface area contributed by atoms with Crippen molar-refractivity contribution in [3.63, 3.8) is 0 Å². The molecule has 1 fully saturated rings. The van der Waals surface area contributed by atoms with Crippen LogP contribution in [-0.4, -0.2) is 82.8 Å². The Morgan fingerprint density at radius 3 is 2.44 bits per heavy atom. The summed E-state index contributed by atoms with van der Waals surface area (Å²) in [5.74, 6) is -1.04. The lowest BCUT2D eigenvalue weighted by atomic mass is 10.1. The smallest absolute Gasteiger partial charge is 0.338 e.